The molecule has 0 amide bonds. The molecule has 0 unspecified atom stereocenters. The maximum absolute atomic E-state index is 5.58. The smallest absolute Gasteiger partial charge is 0.137 e. The molecule has 0 saturated heterocycles. The summed E-state index contributed by atoms with van der Waals surface area (Å²) in [7, 11) is 0. The fraction of sp³-hybridized carbons (Fsp3) is 0.364. The lowest BCUT2D eigenvalue weighted by Gasteiger charge is -2.08. The third kappa shape index (κ3) is 1.87. The molecular formula is C11H14N2O. The van der Waals surface area contributed by atoms with Gasteiger partial charge in [0.25, 0.3) is 0 Å². The van der Waals surface area contributed by atoms with Crippen molar-refractivity contribution in [2.45, 2.75) is 13.8 Å². The van der Waals surface area contributed by atoms with E-state index >= 15 is 0 Å². The summed E-state index contributed by atoms with van der Waals surface area (Å²) in [6.07, 6.45) is 3.68. The number of pyridine rings is 1. The van der Waals surface area contributed by atoms with E-state index in [2.05, 4.69) is 18.9 Å². The molecule has 0 bridgehead atoms. The highest BCUT2D eigenvalue weighted by Crippen LogP contribution is 2.13. The van der Waals surface area contributed by atoms with Crippen LogP contribution in [0.2, 0.25) is 0 Å². The van der Waals surface area contributed by atoms with Crippen LogP contribution >= 0.6 is 0 Å². The Morgan fingerprint density at radius 2 is 2.21 bits per heavy atom. The van der Waals surface area contributed by atoms with E-state index in [1.807, 2.05) is 28.9 Å². The van der Waals surface area contributed by atoms with Crippen LogP contribution in [-0.2, 0) is 0 Å². The zero-order valence-electron chi connectivity index (χ0n) is 8.47. The molecule has 2 heterocycles. The van der Waals surface area contributed by atoms with Gasteiger partial charge in [0.2, 0.25) is 0 Å². The Balaban J connectivity index is 2.17. The SMILES string of the molecule is CC(C)COc1ccc2ccnn2c1. The number of rotatable bonds is 3. The number of fused-ring (bicyclic) bond motifs is 1. The van der Waals surface area contributed by atoms with Gasteiger partial charge in [0.05, 0.1) is 18.3 Å². The third-order valence-electron chi connectivity index (χ3n) is 1.95. The molecular weight excluding hydrogens is 176 g/mol. The van der Waals surface area contributed by atoms with Crippen molar-refractivity contribution in [3.63, 3.8) is 0 Å². The van der Waals surface area contributed by atoms with Crippen molar-refractivity contribution < 1.29 is 4.74 Å². The molecule has 2 rings (SSSR count). The lowest BCUT2D eigenvalue weighted by Crippen LogP contribution is -2.05. The van der Waals surface area contributed by atoms with E-state index in [0.29, 0.717) is 5.92 Å². The molecule has 0 N–H and O–H groups in total. The van der Waals surface area contributed by atoms with Gasteiger partial charge in [-0.25, -0.2) is 4.52 Å². The van der Waals surface area contributed by atoms with Crippen LogP contribution < -0.4 is 4.74 Å². The molecule has 0 aliphatic heterocycles. The zero-order valence-corrected chi connectivity index (χ0v) is 8.47. The van der Waals surface area contributed by atoms with Gasteiger partial charge < -0.3 is 4.74 Å². The van der Waals surface area contributed by atoms with Crippen molar-refractivity contribution in [3.8, 4) is 5.75 Å². The first-order chi connectivity index (χ1) is 6.75. The van der Waals surface area contributed by atoms with E-state index in [-0.39, 0.29) is 0 Å². The predicted molar refractivity (Wildman–Crippen MR) is 55.5 cm³/mol. The van der Waals surface area contributed by atoms with Crippen molar-refractivity contribution in [1.29, 1.82) is 0 Å². The van der Waals surface area contributed by atoms with Gasteiger partial charge >= 0.3 is 0 Å². The van der Waals surface area contributed by atoms with Crippen molar-refractivity contribution in [1.82, 2.24) is 9.61 Å². The monoisotopic (exact) mass is 190 g/mol. The van der Waals surface area contributed by atoms with Gasteiger partial charge in [-0.3, -0.25) is 0 Å². The standard InChI is InChI=1S/C11H14N2O/c1-9(2)8-14-11-4-3-10-5-6-12-13(10)7-11/h3-7,9H,8H2,1-2H3. The van der Waals surface area contributed by atoms with Crippen LogP contribution in [0, 0.1) is 5.92 Å². The topological polar surface area (TPSA) is 26.5 Å². The fourth-order valence-corrected chi connectivity index (χ4v) is 1.24. The van der Waals surface area contributed by atoms with Crippen LogP contribution in [0.15, 0.2) is 30.6 Å². The largest absolute Gasteiger partial charge is 0.492 e. The van der Waals surface area contributed by atoms with E-state index in [1.54, 1.807) is 6.20 Å². The average molecular weight is 190 g/mol. The fourth-order valence-electron chi connectivity index (χ4n) is 1.24. The molecule has 3 heteroatoms. The Morgan fingerprint density at radius 1 is 1.36 bits per heavy atom. The molecule has 3 nitrogen and oxygen atoms in total. The highest BCUT2D eigenvalue weighted by atomic mass is 16.5. The summed E-state index contributed by atoms with van der Waals surface area (Å²) >= 11 is 0. The van der Waals surface area contributed by atoms with E-state index < -0.39 is 0 Å². The summed E-state index contributed by atoms with van der Waals surface area (Å²) < 4.78 is 7.40. The Kier molecular flexibility index (Phi) is 2.39. The third-order valence-corrected chi connectivity index (χ3v) is 1.95. The van der Waals surface area contributed by atoms with E-state index in [4.69, 9.17) is 4.74 Å². The first kappa shape index (κ1) is 9.06. The zero-order chi connectivity index (χ0) is 9.97. The van der Waals surface area contributed by atoms with E-state index in [0.717, 1.165) is 17.9 Å². The molecule has 0 aromatic carbocycles. The van der Waals surface area contributed by atoms with Crippen LogP contribution in [0.25, 0.3) is 5.52 Å². The van der Waals surface area contributed by atoms with Crippen molar-refractivity contribution in [2.24, 2.45) is 5.92 Å². The molecule has 2 aromatic heterocycles. The van der Waals surface area contributed by atoms with E-state index in [1.165, 1.54) is 0 Å². The quantitative estimate of drug-likeness (QED) is 0.742. The Labute approximate surface area is 83.3 Å². The van der Waals surface area contributed by atoms with Gasteiger partial charge in [-0.05, 0) is 24.1 Å². The minimum atomic E-state index is 0.545. The van der Waals surface area contributed by atoms with Crippen molar-refractivity contribution in [2.75, 3.05) is 6.61 Å². The van der Waals surface area contributed by atoms with Crippen LogP contribution in [0.4, 0.5) is 0 Å². The highest BCUT2D eigenvalue weighted by molar-refractivity contribution is 5.47. The molecule has 2 aromatic rings. The summed E-state index contributed by atoms with van der Waals surface area (Å²) in [5.41, 5.74) is 1.09. The van der Waals surface area contributed by atoms with Crippen LogP contribution in [0.3, 0.4) is 0 Å². The predicted octanol–water partition coefficient (Wildman–Crippen LogP) is 2.37. The number of ether oxygens (including phenoxy) is 1. The molecule has 0 radical (unpaired) electrons. The Bertz CT molecular complexity index is 420. The Hall–Kier alpha value is -1.51. The summed E-state index contributed by atoms with van der Waals surface area (Å²) in [5, 5.41) is 4.14. The summed E-state index contributed by atoms with van der Waals surface area (Å²) in [5.74, 6) is 1.42. The summed E-state index contributed by atoms with van der Waals surface area (Å²) in [6, 6.07) is 5.94. The second-order valence-electron chi connectivity index (χ2n) is 3.77. The molecule has 0 fully saturated rings. The minimum absolute atomic E-state index is 0.545. The highest BCUT2D eigenvalue weighted by Gasteiger charge is 1.99. The minimum Gasteiger partial charge on any atom is -0.492 e. The van der Waals surface area contributed by atoms with Crippen molar-refractivity contribution in [3.05, 3.63) is 30.6 Å². The molecule has 0 saturated carbocycles. The lowest BCUT2D eigenvalue weighted by atomic mass is 10.2. The van der Waals surface area contributed by atoms with Crippen LogP contribution in [0.1, 0.15) is 13.8 Å². The molecule has 0 spiro atoms. The van der Waals surface area contributed by atoms with Gasteiger partial charge in [-0.1, -0.05) is 13.8 Å². The first-order valence-corrected chi connectivity index (χ1v) is 4.82. The first-order valence-electron chi connectivity index (χ1n) is 4.82. The van der Waals surface area contributed by atoms with Crippen molar-refractivity contribution >= 4 is 5.52 Å². The van der Waals surface area contributed by atoms with Gasteiger partial charge in [0, 0.05) is 6.20 Å². The summed E-state index contributed by atoms with van der Waals surface area (Å²) in [6.45, 7) is 5.01. The second kappa shape index (κ2) is 3.70. The van der Waals surface area contributed by atoms with Gasteiger partial charge in [0.15, 0.2) is 0 Å². The second-order valence-corrected chi connectivity index (χ2v) is 3.77. The van der Waals surface area contributed by atoms with Crippen LogP contribution in [-0.4, -0.2) is 16.2 Å². The van der Waals surface area contributed by atoms with Crippen LogP contribution in [0.5, 0.6) is 5.75 Å². The van der Waals surface area contributed by atoms with E-state index in [9.17, 15) is 0 Å². The molecule has 14 heavy (non-hydrogen) atoms. The number of hydrogen-bond donors (Lipinski definition) is 0. The number of aromatic nitrogens is 2. The maximum Gasteiger partial charge on any atom is 0.137 e. The normalized spacial score (nSPS) is 11.1. The maximum atomic E-state index is 5.58. The Morgan fingerprint density at radius 3 is 3.00 bits per heavy atom. The molecule has 74 valence electrons. The lowest BCUT2D eigenvalue weighted by molar-refractivity contribution is 0.269. The number of nitrogens with zero attached hydrogens (tertiary/aromatic N) is 2. The molecule has 0 atom stereocenters. The van der Waals surface area contributed by atoms with Gasteiger partial charge in [-0.2, -0.15) is 5.10 Å². The van der Waals surface area contributed by atoms with Gasteiger partial charge in [0.1, 0.15) is 5.75 Å². The average Bonchev–Trinajstić information content (AvgIpc) is 2.61. The molecule has 0 aliphatic rings. The number of hydrogen-bond acceptors (Lipinski definition) is 2. The summed E-state index contributed by atoms with van der Waals surface area (Å²) in [4.78, 5) is 0. The van der Waals surface area contributed by atoms with Gasteiger partial charge in [-0.15, -0.1) is 0 Å². The molecule has 0 aliphatic carbocycles.